The molecular weight excluding hydrogens is 184 g/mol. The molecule has 1 N–H and O–H groups in total. The van der Waals surface area contributed by atoms with E-state index in [1.54, 1.807) is 0 Å². The highest BCUT2D eigenvalue weighted by atomic mass is 32.2. The smallest absolute Gasteiger partial charge is 0.343 e. The third-order valence-electron chi connectivity index (χ3n) is 1.16. The highest BCUT2D eigenvalue weighted by Gasteiger charge is 2.33. The molecule has 0 spiro atoms. The molecule has 0 aromatic heterocycles. The van der Waals surface area contributed by atoms with Crippen molar-refractivity contribution in [2.75, 3.05) is 6.61 Å². The lowest BCUT2D eigenvalue weighted by atomic mass is 10.7. The first kappa shape index (κ1) is 9.34. The van der Waals surface area contributed by atoms with Crippen molar-refractivity contribution in [3.63, 3.8) is 0 Å². The third-order valence-corrected chi connectivity index (χ3v) is 2.28. The van der Waals surface area contributed by atoms with Gasteiger partial charge >= 0.3 is 11.9 Å². The van der Waals surface area contributed by atoms with Crippen LogP contribution in [0, 0.1) is 0 Å². The molecule has 2 atom stereocenters. The lowest BCUT2D eigenvalue weighted by Crippen LogP contribution is -2.14. The minimum absolute atomic E-state index is 0.140. The molecule has 0 saturated carbocycles. The largest absolute Gasteiger partial charge is 0.479 e. The molecule has 1 fully saturated rings. The molecule has 0 amide bonds. The van der Waals surface area contributed by atoms with Gasteiger partial charge in [-0.05, 0) is 0 Å². The van der Waals surface area contributed by atoms with Crippen molar-refractivity contribution in [2.24, 2.45) is 0 Å². The van der Waals surface area contributed by atoms with Crippen LogP contribution in [0.5, 0.6) is 0 Å². The predicted molar refractivity (Wildman–Crippen MR) is 40.5 cm³/mol. The van der Waals surface area contributed by atoms with Gasteiger partial charge in [-0.1, -0.05) is 11.8 Å². The summed E-state index contributed by atoms with van der Waals surface area (Å²) < 4.78 is 9.54. The number of esters is 1. The van der Waals surface area contributed by atoms with Gasteiger partial charge in [-0.3, -0.25) is 4.79 Å². The molecular formula is C6H8O5S. The van der Waals surface area contributed by atoms with Crippen LogP contribution in [-0.4, -0.2) is 34.5 Å². The second kappa shape index (κ2) is 3.77. The number of carbonyl (C=O) groups is 2. The number of carbonyl (C=O) groups excluding carboxylic acids is 1. The molecule has 1 saturated heterocycles. The average Bonchev–Trinajstić information content (AvgIpc) is 2.34. The zero-order valence-corrected chi connectivity index (χ0v) is 7.17. The van der Waals surface area contributed by atoms with Crippen LogP contribution in [-0.2, 0) is 19.1 Å². The number of carboxylic acids is 1. The second-order valence-corrected chi connectivity index (χ2v) is 3.40. The summed E-state index contributed by atoms with van der Waals surface area (Å²) in [6.45, 7) is 1.41. The zero-order valence-electron chi connectivity index (χ0n) is 6.35. The van der Waals surface area contributed by atoms with E-state index in [0.29, 0.717) is 0 Å². The molecule has 5 nitrogen and oxygen atoms in total. The Hall–Kier alpha value is -0.750. The van der Waals surface area contributed by atoms with Crippen LogP contribution < -0.4 is 0 Å². The normalized spacial score (nSPS) is 28.4. The molecule has 1 rings (SSSR count). The van der Waals surface area contributed by atoms with Gasteiger partial charge in [0.1, 0.15) is 0 Å². The molecule has 12 heavy (non-hydrogen) atoms. The average molecular weight is 192 g/mol. The van der Waals surface area contributed by atoms with E-state index in [4.69, 9.17) is 14.6 Å². The molecule has 2 unspecified atom stereocenters. The van der Waals surface area contributed by atoms with Gasteiger partial charge in [0.15, 0.2) is 5.44 Å². The summed E-state index contributed by atoms with van der Waals surface area (Å²) in [4.78, 5) is 20.8. The van der Waals surface area contributed by atoms with Crippen molar-refractivity contribution in [3.8, 4) is 0 Å². The highest BCUT2D eigenvalue weighted by Crippen LogP contribution is 2.28. The molecule has 6 heteroatoms. The first-order valence-corrected chi connectivity index (χ1v) is 4.21. The lowest BCUT2D eigenvalue weighted by Gasteiger charge is -2.05. The van der Waals surface area contributed by atoms with Crippen molar-refractivity contribution in [1.82, 2.24) is 0 Å². The SMILES string of the molecule is CC(=O)OC1COC(C(=O)O)S1. The summed E-state index contributed by atoms with van der Waals surface area (Å²) in [5.74, 6) is -1.48. The Morgan fingerprint density at radius 2 is 2.33 bits per heavy atom. The van der Waals surface area contributed by atoms with Crippen LogP contribution in [0.4, 0.5) is 0 Å². The van der Waals surface area contributed by atoms with Crippen LogP contribution in [0.2, 0.25) is 0 Å². The minimum atomic E-state index is -1.05. The van der Waals surface area contributed by atoms with Gasteiger partial charge in [0.25, 0.3) is 0 Å². The van der Waals surface area contributed by atoms with Crippen molar-refractivity contribution in [3.05, 3.63) is 0 Å². The van der Waals surface area contributed by atoms with E-state index < -0.39 is 22.8 Å². The van der Waals surface area contributed by atoms with Crippen LogP contribution in [0.1, 0.15) is 6.92 Å². The predicted octanol–water partition coefficient (Wildman–Crippen LogP) is 0.0497. The van der Waals surface area contributed by atoms with Crippen LogP contribution in [0.3, 0.4) is 0 Å². The van der Waals surface area contributed by atoms with Gasteiger partial charge < -0.3 is 14.6 Å². The molecule has 1 aliphatic heterocycles. The molecule has 1 heterocycles. The first-order chi connectivity index (χ1) is 5.59. The number of hydrogen-bond donors (Lipinski definition) is 1. The summed E-state index contributed by atoms with van der Waals surface area (Å²) >= 11 is 0.982. The fraction of sp³-hybridized carbons (Fsp3) is 0.667. The topological polar surface area (TPSA) is 72.8 Å². The van der Waals surface area contributed by atoms with Gasteiger partial charge in [0.2, 0.25) is 5.44 Å². The monoisotopic (exact) mass is 192 g/mol. The molecule has 0 aromatic carbocycles. The molecule has 0 radical (unpaired) electrons. The van der Waals surface area contributed by atoms with Crippen LogP contribution >= 0.6 is 11.8 Å². The number of thioether (sulfide) groups is 1. The summed E-state index contributed by atoms with van der Waals surface area (Å²) in [5.41, 5.74) is -1.39. The first-order valence-electron chi connectivity index (χ1n) is 3.26. The quantitative estimate of drug-likeness (QED) is 0.623. The molecule has 0 bridgehead atoms. The maximum atomic E-state index is 10.4. The number of hydrogen-bond acceptors (Lipinski definition) is 5. The van der Waals surface area contributed by atoms with Gasteiger partial charge in [0, 0.05) is 6.92 Å². The van der Waals surface area contributed by atoms with Crippen molar-refractivity contribution < 1.29 is 24.2 Å². The summed E-state index contributed by atoms with van der Waals surface area (Å²) in [6.07, 6.45) is 0. The van der Waals surface area contributed by atoms with Crippen LogP contribution in [0.15, 0.2) is 0 Å². The Balaban J connectivity index is 2.35. The van der Waals surface area contributed by atoms with Gasteiger partial charge in [-0.25, -0.2) is 4.79 Å². The molecule has 0 aromatic rings. The zero-order chi connectivity index (χ0) is 9.14. The maximum absolute atomic E-state index is 10.4. The Bertz CT molecular complexity index is 204. The van der Waals surface area contributed by atoms with Crippen LogP contribution in [0.25, 0.3) is 0 Å². The molecule has 0 aliphatic carbocycles. The Morgan fingerprint density at radius 1 is 1.67 bits per heavy atom. The summed E-state index contributed by atoms with van der Waals surface area (Å²) in [6, 6.07) is 0. The number of rotatable bonds is 2. The Labute approximate surface area is 73.0 Å². The summed E-state index contributed by atoms with van der Waals surface area (Å²) in [7, 11) is 0. The van der Waals surface area contributed by atoms with E-state index in [-0.39, 0.29) is 6.61 Å². The van der Waals surface area contributed by atoms with Gasteiger partial charge in [-0.15, -0.1) is 0 Å². The fourth-order valence-electron chi connectivity index (χ4n) is 0.759. The van der Waals surface area contributed by atoms with Crippen molar-refractivity contribution in [1.29, 1.82) is 0 Å². The van der Waals surface area contributed by atoms with Gasteiger partial charge in [-0.2, -0.15) is 0 Å². The van der Waals surface area contributed by atoms with E-state index in [2.05, 4.69) is 0 Å². The fourth-order valence-corrected chi connectivity index (χ4v) is 1.66. The van der Waals surface area contributed by atoms with E-state index in [9.17, 15) is 9.59 Å². The minimum Gasteiger partial charge on any atom is -0.479 e. The van der Waals surface area contributed by atoms with E-state index in [1.165, 1.54) is 6.92 Å². The van der Waals surface area contributed by atoms with E-state index in [0.717, 1.165) is 11.8 Å². The van der Waals surface area contributed by atoms with Crippen molar-refractivity contribution >= 4 is 23.7 Å². The molecule has 68 valence electrons. The summed E-state index contributed by atoms with van der Waals surface area (Å²) in [5, 5.41) is 8.48. The third kappa shape index (κ3) is 2.38. The van der Waals surface area contributed by atoms with Gasteiger partial charge in [0.05, 0.1) is 6.61 Å². The standard InChI is InChI=1S/C6H8O5S/c1-3(7)11-4-2-10-6(12-4)5(8)9/h4,6H,2H2,1H3,(H,8,9). The Morgan fingerprint density at radius 3 is 2.75 bits per heavy atom. The number of carboxylic acid groups (broad SMARTS) is 1. The second-order valence-electron chi connectivity index (χ2n) is 2.18. The van der Waals surface area contributed by atoms with E-state index >= 15 is 0 Å². The Kier molecular flexibility index (Phi) is 2.93. The highest BCUT2D eigenvalue weighted by molar-refractivity contribution is 8.01. The van der Waals surface area contributed by atoms with Crippen molar-refractivity contribution in [2.45, 2.75) is 17.8 Å². The number of ether oxygens (including phenoxy) is 2. The van der Waals surface area contributed by atoms with E-state index in [1.807, 2.05) is 0 Å². The molecule has 1 aliphatic rings. The number of aliphatic carboxylic acids is 1. The lowest BCUT2D eigenvalue weighted by molar-refractivity contribution is -0.146. The maximum Gasteiger partial charge on any atom is 0.343 e.